The Morgan fingerprint density at radius 2 is 2.23 bits per heavy atom. The largest absolute Gasteiger partial charge is 0.369 e. The molecular weight excluding hydrogens is 276 g/mol. The quantitative estimate of drug-likeness (QED) is 0.887. The monoisotopic (exact) mass is 294 g/mol. The number of anilines is 2. The molecule has 2 aromatic rings. The van der Waals surface area contributed by atoms with Crippen LogP contribution in [0.4, 0.5) is 11.4 Å². The zero-order valence-electron chi connectivity index (χ0n) is 12.3. The molecule has 5 nitrogen and oxygen atoms in total. The molecule has 2 aliphatic rings. The summed E-state index contributed by atoms with van der Waals surface area (Å²) in [6, 6.07) is 7.70. The van der Waals surface area contributed by atoms with Gasteiger partial charge in [0, 0.05) is 43.6 Å². The molecule has 2 aliphatic heterocycles. The highest BCUT2D eigenvalue weighted by Crippen LogP contribution is 2.35. The zero-order valence-corrected chi connectivity index (χ0v) is 12.3. The van der Waals surface area contributed by atoms with Crippen LogP contribution in [0.1, 0.15) is 21.5 Å². The van der Waals surface area contributed by atoms with Gasteiger partial charge in [-0.25, -0.2) is 0 Å². The van der Waals surface area contributed by atoms with E-state index in [0.29, 0.717) is 0 Å². The molecule has 1 aromatic heterocycles. The Hall–Kier alpha value is -2.40. The van der Waals surface area contributed by atoms with Crippen molar-refractivity contribution < 1.29 is 4.79 Å². The van der Waals surface area contributed by atoms with Gasteiger partial charge in [0.15, 0.2) is 0 Å². The van der Waals surface area contributed by atoms with E-state index in [2.05, 4.69) is 26.6 Å². The molecule has 0 atom stereocenters. The van der Waals surface area contributed by atoms with Crippen molar-refractivity contribution in [1.29, 1.82) is 0 Å². The topological polar surface area (TPSA) is 57.3 Å². The molecule has 0 saturated carbocycles. The van der Waals surface area contributed by atoms with Crippen LogP contribution < -0.4 is 15.5 Å². The van der Waals surface area contributed by atoms with Crippen molar-refractivity contribution in [2.24, 2.45) is 0 Å². The predicted molar refractivity (Wildman–Crippen MR) is 86.3 cm³/mol. The number of nitrogens with zero attached hydrogens (tertiary/aromatic N) is 2. The summed E-state index contributed by atoms with van der Waals surface area (Å²) in [6.45, 7) is 3.88. The van der Waals surface area contributed by atoms with E-state index in [4.69, 9.17) is 0 Å². The number of hydrogen-bond donors (Lipinski definition) is 2. The molecule has 1 aromatic carbocycles. The maximum Gasteiger partial charge on any atom is 0.256 e. The van der Waals surface area contributed by atoms with Crippen LogP contribution in [0.3, 0.4) is 0 Å². The summed E-state index contributed by atoms with van der Waals surface area (Å²) in [7, 11) is 0. The van der Waals surface area contributed by atoms with E-state index in [1.165, 1.54) is 16.8 Å². The Labute approximate surface area is 129 Å². The summed E-state index contributed by atoms with van der Waals surface area (Å²) < 4.78 is 0. The van der Waals surface area contributed by atoms with Crippen LogP contribution >= 0.6 is 0 Å². The molecule has 3 heterocycles. The Morgan fingerprint density at radius 1 is 1.27 bits per heavy atom. The van der Waals surface area contributed by atoms with Crippen molar-refractivity contribution in [3.8, 4) is 0 Å². The highest BCUT2D eigenvalue weighted by atomic mass is 16.1. The number of nitrogens with one attached hydrogen (secondary N) is 2. The highest BCUT2D eigenvalue weighted by molar-refractivity contribution is 6.06. The standard InChI is InChI=1S/C17H18N4O/c22-17(20-13-2-1-6-18-11-13)15-4-3-12-10-19-7-9-21-8-5-14(15)16(12)21/h1-4,6,11,19H,5,7-10H2,(H,20,22). The number of carbonyl (C=O) groups excluding carboxylic acids is 1. The third-order valence-corrected chi connectivity index (χ3v) is 4.35. The van der Waals surface area contributed by atoms with Gasteiger partial charge < -0.3 is 15.5 Å². The van der Waals surface area contributed by atoms with Gasteiger partial charge >= 0.3 is 0 Å². The van der Waals surface area contributed by atoms with Gasteiger partial charge in [0.1, 0.15) is 0 Å². The van der Waals surface area contributed by atoms with Crippen LogP contribution in [0.25, 0.3) is 0 Å². The summed E-state index contributed by atoms with van der Waals surface area (Å²) in [4.78, 5) is 19.0. The SMILES string of the molecule is O=C(Nc1cccnc1)c1ccc2c3c1CCN3CCNC2. The van der Waals surface area contributed by atoms with E-state index in [1.54, 1.807) is 12.4 Å². The van der Waals surface area contributed by atoms with E-state index in [9.17, 15) is 4.79 Å². The lowest BCUT2D eigenvalue weighted by atomic mass is 10.00. The Morgan fingerprint density at radius 3 is 3.09 bits per heavy atom. The Balaban J connectivity index is 1.69. The second kappa shape index (κ2) is 5.42. The van der Waals surface area contributed by atoms with E-state index in [-0.39, 0.29) is 5.91 Å². The molecule has 4 rings (SSSR count). The fourth-order valence-corrected chi connectivity index (χ4v) is 3.34. The average molecular weight is 294 g/mol. The molecule has 112 valence electrons. The lowest BCUT2D eigenvalue weighted by Crippen LogP contribution is -2.27. The minimum Gasteiger partial charge on any atom is -0.369 e. The average Bonchev–Trinajstić information content (AvgIpc) is 2.85. The summed E-state index contributed by atoms with van der Waals surface area (Å²) in [5.74, 6) is -0.0511. The molecule has 0 fully saturated rings. The molecule has 0 bridgehead atoms. The van der Waals surface area contributed by atoms with Crippen LogP contribution in [-0.2, 0) is 13.0 Å². The van der Waals surface area contributed by atoms with Gasteiger partial charge in [-0.2, -0.15) is 0 Å². The minimum absolute atomic E-state index is 0.0511. The molecule has 0 radical (unpaired) electrons. The van der Waals surface area contributed by atoms with Crippen molar-refractivity contribution in [2.75, 3.05) is 29.9 Å². The van der Waals surface area contributed by atoms with Gasteiger partial charge in [-0.15, -0.1) is 0 Å². The summed E-state index contributed by atoms with van der Waals surface area (Å²) in [5.41, 5.74) is 5.26. The van der Waals surface area contributed by atoms with Crippen LogP contribution in [-0.4, -0.2) is 30.5 Å². The van der Waals surface area contributed by atoms with Crippen LogP contribution in [0.15, 0.2) is 36.7 Å². The van der Waals surface area contributed by atoms with Crippen molar-refractivity contribution in [2.45, 2.75) is 13.0 Å². The lowest BCUT2D eigenvalue weighted by molar-refractivity contribution is 0.102. The normalized spacial score (nSPS) is 16.1. The molecule has 5 heteroatoms. The van der Waals surface area contributed by atoms with Gasteiger partial charge in [-0.05, 0) is 35.7 Å². The smallest absolute Gasteiger partial charge is 0.256 e. The molecule has 0 unspecified atom stereocenters. The minimum atomic E-state index is -0.0511. The number of rotatable bonds is 2. The molecule has 2 N–H and O–H groups in total. The first-order chi connectivity index (χ1) is 10.8. The summed E-state index contributed by atoms with van der Waals surface area (Å²) in [6.07, 6.45) is 4.30. The highest BCUT2D eigenvalue weighted by Gasteiger charge is 2.28. The van der Waals surface area contributed by atoms with E-state index in [1.807, 2.05) is 18.2 Å². The fraction of sp³-hybridized carbons (Fsp3) is 0.294. The van der Waals surface area contributed by atoms with Gasteiger partial charge in [0.05, 0.1) is 11.9 Å². The molecular formula is C17H18N4O. The number of hydrogen-bond acceptors (Lipinski definition) is 4. The summed E-state index contributed by atoms with van der Waals surface area (Å²) >= 11 is 0. The van der Waals surface area contributed by atoms with E-state index < -0.39 is 0 Å². The zero-order chi connectivity index (χ0) is 14.9. The third-order valence-electron chi connectivity index (χ3n) is 4.35. The van der Waals surface area contributed by atoms with Crippen molar-refractivity contribution in [1.82, 2.24) is 10.3 Å². The second-order valence-electron chi connectivity index (χ2n) is 5.71. The fourth-order valence-electron chi connectivity index (χ4n) is 3.34. The summed E-state index contributed by atoms with van der Waals surface area (Å²) in [5, 5.41) is 6.37. The first-order valence-corrected chi connectivity index (χ1v) is 7.65. The molecule has 0 saturated heterocycles. The van der Waals surface area contributed by atoms with Crippen LogP contribution in [0.5, 0.6) is 0 Å². The number of amides is 1. The van der Waals surface area contributed by atoms with E-state index in [0.717, 1.165) is 43.9 Å². The van der Waals surface area contributed by atoms with Crippen LogP contribution in [0, 0.1) is 0 Å². The van der Waals surface area contributed by atoms with Gasteiger partial charge in [0.2, 0.25) is 0 Å². The maximum absolute atomic E-state index is 12.6. The molecule has 0 aliphatic carbocycles. The lowest BCUT2D eigenvalue weighted by Gasteiger charge is -2.19. The number of aromatic nitrogens is 1. The Bertz CT molecular complexity index is 714. The third kappa shape index (κ3) is 2.23. The number of pyridine rings is 1. The van der Waals surface area contributed by atoms with Crippen molar-refractivity contribution in [3.63, 3.8) is 0 Å². The molecule has 1 amide bonds. The Kier molecular flexibility index (Phi) is 3.27. The van der Waals surface area contributed by atoms with Gasteiger partial charge in [0.25, 0.3) is 5.91 Å². The maximum atomic E-state index is 12.6. The number of carbonyl (C=O) groups is 1. The van der Waals surface area contributed by atoms with Crippen molar-refractivity contribution >= 4 is 17.3 Å². The van der Waals surface area contributed by atoms with Crippen LogP contribution in [0.2, 0.25) is 0 Å². The first kappa shape index (κ1) is 13.3. The first-order valence-electron chi connectivity index (χ1n) is 7.65. The van der Waals surface area contributed by atoms with Gasteiger partial charge in [-0.1, -0.05) is 6.07 Å². The number of benzene rings is 1. The van der Waals surface area contributed by atoms with Gasteiger partial charge in [-0.3, -0.25) is 9.78 Å². The van der Waals surface area contributed by atoms with Crippen molar-refractivity contribution in [3.05, 3.63) is 53.3 Å². The van der Waals surface area contributed by atoms with E-state index >= 15 is 0 Å². The molecule has 0 spiro atoms. The predicted octanol–water partition coefficient (Wildman–Crippen LogP) is 1.80. The second-order valence-corrected chi connectivity index (χ2v) is 5.71. The molecule has 22 heavy (non-hydrogen) atoms.